The third-order valence-corrected chi connectivity index (χ3v) is 5.19. The van der Waals surface area contributed by atoms with Gasteiger partial charge in [0.05, 0.1) is 5.92 Å². The molecule has 0 aromatic heterocycles. The first-order valence-corrected chi connectivity index (χ1v) is 9.74. The van der Waals surface area contributed by atoms with Gasteiger partial charge in [-0.3, -0.25) is 4.79 Å². The molecule has 0 radical (unpaired) electrons. The van der Waals surface area contributed by atoms with Gasteiger partial charge in [0.2, 0.25) is 0 Å². The summed E-state index contributed by atoms with van der Waals surface area (Å²) in [6.45, 7) is 2.90. The van der Waals surface area contributed by atoms with Crippen LogP contribution >= 0.6 is 0 Å². The topological polar surface area (TPSA) is 81.1 Å². The largest absolute Gasteiger partial charge is 0.404 e. The molecule has 0 aliphatic heterocycles. The van der Waals surface area contributed by atoms with Crippen molar-refractivity contribution in [2.45, 2.75) is 38.9 Å². The summed E-state index contributed by atoms with van der Waals surface area (Å²) in [6.07, 6.45) is 0.342. The van der Waals surface area contributed by atoms with E-state index in [-0.39, 0.29) is 10.9 Å². The maximum atomic E-state index is 12.9. The van der Waals surface area contributed by atoms with Crippen LogP contribution in [0.3, 0.4) is 0 Å². The third kappa shape index (κ3) is 5.86. The quantitative estimate of drug-likeness (QED) is 0.666. The second-order valence-electron chi connectivity index (χ2n) is 7.44. The van der Waals surface area contributed by atoms with Gasteiger partial charge >= 0.3 is 6.18 Å². The third-order valence-electron chi connectivity index (χ3n) is 5.19. The summed E-state index contributed by atoms with van der Waals surface area (Å²) in [5.74, 6) is -1.78. The molecule has 0 amide bonds. The zero-order chi connectivity index (χ0) is 22.5. The Balaban J connectivity index is 0.000000558. The van der Waals surface area contributed by atoms with Crippen molar-refractivity contribution < 1.29 is 18.0 Å². The van der Waals surface area contributed by atoms with E-state index in [9.17, 15) is 18.0 Å². The highest BCUT2D eigenvalue weighted by atomic mass is 19.4. The van der Waals surface area contributed by atoms with E-state index < -0.39 is 12.1 Å². The molecule has 0 saturated heterocycles. The molecule has 1 atom stereocenters. The van der Waals surface area contributed by atoms with Gasteiger partial charge in [-0.25, -0.2) is 0 Å². The van der Waals surface area contributed by atoms with Crippen molar-refractivity contribution in [3.05, 3.63) is 58.0 Å². The molecule has 2 aromatic rings. The molecule has 30 heavy (non-hydrogen) atoms. The number of carbonyl (C=O) groups excluding carboxylic acids is 1. The summed E-state index contributed by atoms with van der Waals surface area (Å²) < 4.78 is 38.8. The van der Waals surface area contributed by atoms with E-state index in [0.717, 1.165) is 35.9 Å². The zero-order valence-electron chi connectivity index (χ0n) is 17.4. The molecule has 0 spiro atoms. The minimum absolute atomic E-state index is 0.250. The first-order chi connectivity index (χ1) is 14.1. The first kappa shape index (κ1) is 23.5. The lowest BCUT2D eigenvalue weighted by Gasteiger charge is -2.16. The van der Waals surface area contributed by atoms with Crippen LogP contribution < -0.4 is 27.2 Å². The Morgan fingerprint density at radius 3 is 2.33 bits per heavy atom. The normalized spacial score (nSPS) is 16.4. The van der Waals surface area contributed by atoms with E-state index >= 15 is 0 Å². The van der Waals surface area contributed by atoms with E-state index in [2.05, 4.69) is 5.32 Å². The molecule has 3 rings (SSSR count). The highest BCUT2D eigenvalue weighted by molar-refractivity contribution is 5.80. The molecule has 1 aliphatic carbocycles. The van der Waals surface area contributed by atoms with Gasteiger partial charge in [-0.05, 0) is 67.8 Å². The number of aldehydes is 1. The van der Waals surface area contributed by atoms with Crippen molar-refractivity contribution in [1.82, 2.24) is 5.32 Å². The summed E-state index contributed by atoms with van der Waals surface area (Å²) in [6, 6.07) is 11.0. The van der Waals surface area contributed by atoms with Crippen LogP contribution in [0.15, 0.2) is 36.4 Å². The van der Waals surface area contributed by atoms with E-state index in [1.165, 1.54) is 25.1 Å². The number of benzene rings is 2. The minimum Gasteiger partial charge on any atom is -0.404 e. The number of carbonyl (C=O) groups is 1. The average molecular weight is 419 g/mol. The summed E-state index contributed by atoms with van der Waals surface area (Å²) in [5, 5.41) is 3.79. The van der Waals surface area contributed by atoms with Crippen molar-refractivity contribution >= 4 is 18.2 Å². The lowest BCUT2D eigenvalue weighted by molar-refractivity contribution is -0.154. The first-order valence-electron chi connectivity index (χ1n) is 9.74. The van der Waals surface area contributed by atoms with Crippen molar-refractivity contribution in [3.63, 3.8) is 0 Å². The van der Waals surface area contributed by atoms with E-state index in [4.69, 9.17) is 11.5 Å². The number of rotatable bonds is 4. The maximum absolute atomic E-state index is 12.9. The smallest absolute Gasteiger partial charge is 0.396 e. The Bertz CT molecular complexity index is 1010. The van der Waals surface area contributed by atoms with Gasteiger partial charge in [-0.2, -0.15) is 13.2 Å². The van der Waals surface area contributed by atoms with Gasteiger partial charge in [0, 0.05) is 28.7 Å². The molecule has 7 heteroatoms. The van der Waals surface area contributed by atoms with Crippen molar-refractivity contribution in [1.29, 1.82) is 0 Å². The van der Waals surface area contributed by atoms with Crippen molar-refractivity contribution in [3.8, 4) is 11.1 Å². The van der Waals surface area contributed by atoms with E-state index in [0.29, 0.717) is 10.8 Å². The molecule has 0 heterocycles. The second kappa shape index (κ2) is 9.80. The van der Waals surface area contributed by atoms with Crippen molar-refractivity contribution in [2.24, 2.45) is 17.4 Å². The SMILES string of the molecule is CNC1CC1.Cc1ccc(C=O)cc1-c1ccc(=C(/N)C(C)C(F)(F)F)/c(=C\N)c1. The van der Waals surface area contributed by atoms with Crippen LogP contribution in [0.4, 0.5) is 13.2 Å². The predicted octanol–water partition coefficient (Wildman–Crippen LogP) is 2.80. The Morgan fingerprint density at radius 1 is 1.20 bits per heavy atom. The Morgan fingerprint density at radius 2 is 1.87 bits per heavy atom. The number of alkyl halides is 3. The molecule has 5 N–H and O–H groups in total. The number of nitrogens with two attached hydrogens (primary N) is 2. The molecule has 0 bridgehead atoms. The van der Waals surface area contributed by atoms with Gasteiger partial charge in [-0.15, -0.1) is 0 Å². The zero-order valence-corrected chi connectivity index (χ0v) is 17.4. The molecule has 1 fully saturated rings. The fourth-order valence-electron chi connectivity index (χ4n) is 2.94. The maximum Gasteiger partial charge on any atom is 0.396 e. The molecular weight excluding hydrogens is 391 g/mol. The Kier molecular flexibility index (Phi) is 7.67. The van der Waals surface area contributed by atoms with Gasteiger partial charge < -0.3 is 16.8 Å². The summed E-state index contributed by atoms with van der Waals surface area (Å²) in [4.78, 5) is 11.0. The number of halogens is 3. The van der Waals surface area contributed by atoms with Crippen LogP contribution in [0.1, 0.15) is 35.7 Å². The average Bonchev–Trinajstić information content (AvgIpc) is 3.57. The number of hydrogen-bond acceptors (Lipinski definition) is 4. The fourth-order valence-corrected chi connectivity index (χ4v) is 2.94. The van der Waals surface area contributed by atoms with Crippen molar-refractivity contribution in [2.75, 3.05) is 7.05 Å². The predicted molar refractivity (Wildman–Crippen MR) is 115 cm³/mol. The highest BCUT2D eigenvalue weighted by Crippen LogP contribution is 2.29. The molecule has 1 aliphatic rings. The lowest BCUT2D eigenvalue weighted by atomic mass is 9.96. The molecule has 162 valence electrons. The monoisotopic (exact) mass is 419 g/mol. The van der Waals surface area contributed by atoms with Crippen LogP contribution in [0.5, 0.6) is 0 Å². The van der Waals surface area contributed by atoms with Gasteiger partial charge in [-0.1, -0.05) is 24.3 Å². The summed E-state index contributed by atoms with van der Waals surface area (Å²) in [7, 11) is 2.01. The second-order valence-corrected chi connectivity index (χ2v) is 7.44. The van der Waals surface area contributed by atoms with Crippen LogP contribution in [-0.2, 0) is 0 Å². The van der Waals surface area contributed by atoms with Crippen LogP contribution in [0.25, 0.3) is 23.0 Å². The Hall–Kier alpha value is -2.80. The van der Waals surface area contributed by atoms with E-state index in [1.807, 2.05) is 20.0 Å². The van der Waals surface area contributed by atoms with Gasteiger partial charge in [0.1, 0.15) is 6.29 Å². The van der Waals surface area contributed by atoms with Gasteiger partial charge in [0.25, 0.3) is 0 Å². The van der Waals surface area contributed by atoms with Crippen LogP contribution in [0.2, 0.25) is 0 Å². The molecule has 2 aromatic carbocycles. The van der Waals surface area contributed by atoms with Gasteiger partial charge in [0.15, 0.2) is 0 Å². The molecule has 4 nitrogen and oxygen atoms in total. The number of nitrogens with one attached hydrogen (secondary N) is 1. The molecule has 1 saturated carbocycles. The fraction of sp³-hybridized carbons (Fsp3) is 0.348. The standard InChI is InChI=1S/C19H19F3N2O.C4H9N/c1-11-3-4-13(10-25)7-17(11)14-5-6-16(15(8-14)9-23)18(24)12(2)19(20,21)22;1-5-4-2-3-4/h3-10,12H,23-24H2,1-2H3;4-5H,2-3H2,1H3/b15-9-,18-16-;. The Labute approximate surface area is 174 Å². The minimum atomic E-state index is -4.43. The summed E-state index contributed by atoms with van der Waals surface area (Å²) >= 11 is 0. The molecular formula is C23H28F3N3O. The van der Waals surface area contributed by atoms with Crippen LogP contribution in [0, 0.1) is 12.8 Å². The number of hydrogen-bond donors (Lipinski definition) is 3. The van der Waals surface area contributed by atoms with Crippen LogP contribution in [-0.4, -0.2) is 25.6 Å². The van der Waals surface area contributed by atoms with E-state index in [1.54, 1.807) is 24.3 Å². The summed E-state index contributed by atoms with van der Waals surface area (Å²) in [5.41, 5.74) is 14.1. The molecule has 1 unspecified atom stereocenters. The lowest BCUT2D eigenvalue weighted by Crippen LogP contribution is -2.37. The number of aryl methyl sites for hydroxylation is 1. The highest BCUT2D eigenvalue weighted by Gasteiger charge is 2.37.